The van der Waals surface area contributed by atoms with Crippen LogP contribution in [0.25, 0.3) is 0 Å². The Morgan fingerprint density at radius 2 is 1.83 bits per heavy atom. The first-order valence-electron chi connectivity index (χ1n) is 9.58. The highest BCUT2D eigenvalue weighted by atomic mass is 19.1. The number of urea groups is 1. The molecule has 1 heterocycles. The number of imide groups is 1. The van der Waals surface area contributed by atoms with E-state index in [0.717, 1.165) is 23.3 Å². The third-order valence-electron chi connectivity index (χ3n) is 5.08. The van der Waals surface area contributed by atoms with E-state index in [1.807, 2.05) is 24.3 Å². The van der Waals surface area contributed by atoms with Crippen LogP contribution >= 0.6 is 0 Å². The zero-order valence-electron chi connectivity index (χ0n) is 16.5. The molecule has 0 saturated carbocycles. The Hall–Kier alpha value is -3.22. The molecule has 7 heteroatoms. The summed E-state index contributed by atoms with van der Waals surface area (Å²) >= 11 is 0. The van der Waals surface area contributed by atoms with Gasteiger partial charge in [-0.1, -0.05) is 55.8 Å². The number of rotatable bonds is 7. The van der Waals surface area contributed by atoms with Crippen LogP contribution in [0.15, 0.2) is 48.5 Å². The molecule has 4 amide bonds. The molecule has 29 heavy (non-hydrogen) atoms. The molecular weight excluding hydrogens is 373 g/mol. The topological polar surface area (TPSA) is 78.5 Å². The van der Waals surface area contributed by atoms with Crippen molar-refractivity contribution in [3.8, 4) is 0 Å². The summed E-state index contributed by atoms with van der Waals surface area (Å²) in [6.07, 6.45) is 1.95. The standard InChI is InChI=1S/C22H24FN3O3/c1-3-6-15-9-11-17(12-10-15)22(2)20(28)26(21(29)25-22)14-19(27)24-13-16-7-4-5-8-18(16)23/h4-5,7-12H,3,6,13-14H2,1-2H3,(H,24,27)(H,25,29)/t22-/m0/s1. The summed E-state index contributed by atoms with van der Waals surface area (Å²) in [5.74, 6) is -1.46. The molecule has 1 aliphatic heterocycles. The maximum atomic E-state index is 13.7. The van der Waals surface area contributed by atoms with Crippen molar-refractivity contribution in [3.05, 3.63) is 71.0 Å². The Labute approximate surface area is 169 Å². The predicted molar refractivity (Wildman–Crippen MR) is 106 cm³/mol. The summed E-state index contributed by atoms with van der Waals surface area (Å²) < 4.78 is 13.7. The van der Waals surface area contributed by atoms with Crippen molar-refractivity contribution in [2.75, 3.05) is 6.54 Å². The Kier molecular flexibility index (Phi) is 5.96. The van der Waals surface area contributed by atoms with E-state index in [0.29, 0.717) is 11.1 Å². The molecule has 2 aromatic rings. The number of benzene rings is 2. The second kappa shape index (κ2) is 8.43. The SMILES string of the molecule is CCCc1ccc([C@]2(C)NC(=O)N(CC(=O)NCc3ccccc3F)C2=O)cc1. The van der Waals surface area contributed by atoms with Crippen LogP contribution in [0, 0.1) is 5.82 Å². The van der Waals surface area contributed by atoms with Gasteiger partial charge in [-0.15, -0.1) is 0 Å². The molecule has 2 aromatic carbocycles. The van der Waals surface area contributed by atoms with Crippen LogP contribution < -0.4 is 10.6 Å². The highest BCUT2D eigenvalue weighted by Crippen LogP contribution is 2.29. The minimum Gasteiger partial charge on any atom is -0.350 e. The molecule has 1 fully saturated rings. The molecule has 2 N–H and O–H groups in total. The van der Waals surface area contributed by atoms with Gasteiger partial charge in [0.1, 0.15) is 17.9 Å². The van der Waals surface area contributed by atoms with Crippen LogP contribution in [-0.2, 0) is 28.1 Å². The number of halogens is 1. The minimum absolute atomic E-state index is 0.0225. The molecule has 0 radical (unpaired) electrons. The Morgan fingerprint density at radius 1 is 1.14 bits per heavy atom. The molecule has 1 atom stereocenters. The molecule has 6 nitrogen and oxygen atoms in total. The van der Waals surface area contributed by atoms with Gasteiger partial charge in [-0.2, -0.15) is 0 Å². The number of aryl methyl sites for hydroxylation is 1. The molecule has 0 unspecified atom stereocenters. The van der Waals surface area contributed by atoms with Crippen molar-refractivity contribution in [2.45, 2.75) is 38.8 Å². The van der Waals surface area contributed by atoms with Crippen LogP contribution in [0.1, 0.15) is 37.0 Å². The van der Waals surface area contributed by atoms with Crippen LogP contribution in [0.4, 0.5) is 9.18 Å². The molecule has 152 valence electrons. The molecule has 3 rings (SSSR count). The minimum atomic E-state index is -1.23. The lowest BCUT2D eigenvalue weighted by molar-refractivity contribution is -0.134. The molecule has 1 saturated heterocycles. The van der Waals surface area contributed by atoms with E-state index >= 15 is 0 Å². The first kappa shape index (κ1) is 20.5. The van der Waals surface area contributed by atoms with Crippen molar-refractivity contribution in [1.82, 2.24) is 15.5 Å². The fourth-order valence-corrected chi connectivity index (χ4v) is 3.36. The van der Waals surface area contributed by atoms with Gasteiger partial charge in [0.05, 0.1) is 0 Å². The average Bonchev–Trinajstić information content (AvgIpc) is 2.92. The normalized spacial score (nSPS) is 18.7. The first-order valence-corrected chi connectivity index (χ1v) is 9.58. The van der Waals surface area contributed by atoms with Gasteiger partial charge in [-0.25, -0.2) is 9.18 Å². The highest BCUT2D eigenvalue weighted by Gasteiger charge is 2.49. The van der Waals surface area contributed by atoms with E-state index in [-0.39, 0.29) is 6.54 Å². The van der Waals surface area contributed by atoms with Crippen molar-refractivity contribution < 1.29 is 18.8 Å². The Morgan fingerprint density at radius 3 is 2.48 bits per heavy atom. The van der Waals surface area contributed by atoms with Crippen molar-refractivity contribution in [2.24, 2.45) is 0 Å². The Balaban J connectivity index is 1.66. The van der Waals surface area contributed by atoms with Crippen molar-refractivity contribution >= 4 is 17.8 Å². The van der Waals surface area contributed by atoms with Gasteiger partial charge < -0.3 is 10.6 Å². The van der Waals surface area contributed by atoms with Gasteiger partial charge in [0, 0.05) is 12.1 Å². The zero-order valence-corrected chi connectivity index (χ0v) is 16.5. The zero-order chi connectivity index (χ0) is 21.0. The van der Waals surface area contributed by atoms with E-state index in [1.165, 1.54) is 6.07 Å². The third kappa shape index (κ3) is 4.29. The number of amides is 4. The van der Waals surface area contributed by atoms with Crippen LogP contribution in [0.2, 0.25) is 0 Å². The van der Waals surface area contributed by atoms with Gasteiger partial charge >= 0.3 is 6.03 Å². The van der Waals surface area contributed by atoms with E-state index in [2.05, 4.69) is 17.6 Å². The van der Waals surface area contributed by atoms with E-state index < -0.39 is 35.7 Å². The fourth-order valence-electron chi connectivity index (χ4n) is 3.36. The van der Waals surface area contributed by atoms with Crippen molar-refractivity contribution in [1.29, 1.82) is 0 Å². The summed E-state index contributed by atoms with van der Waals surface area (Å²) in [6, 6.07) is 13.0. The lowest BCUT2D eigenvalue weighted by atomic mass is 9.91. The fraction of sp³-hybridized carbons (Fsp3) is 0.318. The smallest absolute Gasteiger partial charge is 0.325 e. The van der Waals surface area contributed by atoms with E-state index in [9.17, 15) is 18.8 Å². The Bertz CT molecular complexity index is 929. The molecule has 0 spiro atoms. The molecule has 1 aliphatic rings. The lowest BCUT2D eigenvalue weighted by Gasteiger charge is -2.22. The molecule has 0 bridgehead atoms. The van der Waals surface area contributed by atoms with Gasteiger partial charge in [0.2, 0.25) is 5.91 Å². The van der Waals surface area contributed by atoms with E-state index in [1.54, 1.807) is 25.1 Å². The number of hydrogen-bond acceptors (Lipinski definition) is 3. The number of nitrogens with one attached hydrogen (secondary N) is 2. The second-order valence-corrected chi connectivity index (χ2v) is 7.26. The number of carbonyl (C=O) groups excluding carboxylic acids is 3. The monoisotopic (exact) mass is 397 g/mol. The second-order valence-electron chi connectivity index (χ2n) is 7.26. The summed E-state index contributed by atoms with van der Waals surface area (Å²) in [6.45, 7) is 3.26. The number of hydrogen-bond donors (Lipinski definition) is 2. The van der Waals surface area contributed by atoms with Crippen LogP contribution in [0.3, 0.4) is 0 Å². The highest BCUT2D eigenvalue weighted by molar-refractivity contribution is 6.09. The van der Waals surface area contributed by atoms with Gasteiger partial charge in [0.25, 0.3) is 5.91 Å². The number of carbonyl (C=O) groups is 3. The van der Waals surface area contributed by atoms with Gasteiger partial charge in [-0.3, -0.25) is 14.5 Å². The van der Waals surface area contributed by atoms with Crippen molar-refractivity contribution in [3.63, 3.8) is 0 Å². The quantitative estimate of drug-likeness (QED) is 0.705. The first-order chi connectivity index (χ1) is 13.8. The molecule has 0 aliphatic carbocycles. The predicted octanol–water partition coefficient (Wildman–Crippen LogP) is 2.86. The summed E-state index contributed by atoms with van der Waals surface area (Å²) in [4.78, 5) is 38.4. The lowest BCUT2D eigenvalue weighted by Crippen LogP contribution is -2.43. The summed E-state index contributed by atoms with van der Waals surface area (Å²) in [7, 11) is 0. The van der Waals surface area contributed by atoms with Crippen LogP contribution in [0.5, 0.6) is 0 Å². The molecular formula is C22H24FN3O3. The maximum Gasteiger partial charge on any atom is 0.325 e. The number of nitrogens with zero attached hydrogens (tertiary/aromatic N) is 1. The average molecular weight is 397 g/mol. The van der Waals surface area contributed by atoms with Gasteiger partial charge in [-0.05, 0) is 30.5 Å². The third-order valence-corrected chi connectivity index (χ3v) is 5.08. The molecule has 0 aromatic heterocycles. The van der Waals surface area contributed by atoms with Crippen LogP contribution in [-0.4, -0.2) is 29.3 Å². The largest absolute Gasteiger partial charge is 0.350 e. The maximum absolute atomic E-state index is 13.7. The summed E-state index contributed by atoms with van der Waals surface area (Å²) in [5.41, 5.74) is 0.911. The van der Waals surface area contributed by atoms with E-state index in [4.69, 9.17) is 0 Å². The summed E-state index contributed by atoms with van der Waals surface area (Å²) in [5, 5.41) is 5.23. The van der Waals surface area contributed by atoms with Gasteiger partial charge in [0.15, 0.2) is 0 Å².